The summed E-state index contributed by atoms with van der Waals surface area (Å²) in [6.45, 7) is 13.0. The van der Waals surface area contributed by atoms with Gasteiger partial charge in [-0.15, -0.1) is 0 Å². The minimum absolute atomic E-state index is 0.0591. The summed E-state index contributed by atoms with van der Waals surface area (Å²) in [5, 5.41) is 22.2. The summed E-state index contributed by atoms with van der Waals surface area (Å²) in [6, 6.07) is -0.163. The molecule has 0 heterocycles. The van der Waals surface area contributed by atoms with E-state index in [0.29, 0.717) is 48.3 Å². The summed E-state index contributed by atoms with van der Waals surface area (Å²) in [5.41, 5.74) is 0.0380. The third-order valence-corrected chi connectivity index (χ3v) is 12.9. The van der Waals surface area contributed by atoms with E-state index in [1.807, 2.05) is 13.8 Å². The van der Waals surface area contributed by atoms with Crippen LogP contribution < -0.4 is 0 Å². The molecule has 220 valence electrons. The molecule has 7 nitrogen and oxygen atoms in total. The average Bonchev–Trinajstić information content (AvgIpc) is 3.17. The Morgan fingerprint density at radius 2 is 1.74 bits per heavy atom. The van der Waals surface area contributed by atoms with E-state index < -0.39 is 15.9 Å². The molecule has 4 rings (SSSR count). The van der Waals surface area contributed by atoms with Crippen molar-refractivity contribution >= 4 is 16.0 Å². The van der Waals surface area contributed by atoms with Gasteiger partial charge in [0, 0.05) is 19.0 Å². The molecule has 8 heteroatoms. The third-order valence-electron chi connectivity index (χ3n) is 12.2. The van der Waals surface area contributed by atoms with Crippen molar-refractivity contribution in [1.29, 1.82) is 0 Å². The van der Waals surface area contributed by atoms with Crippen molar-refractivity contribution in [3.63, 3.8) is 0 Å². The van der Waals surface area contributed by atoms with Gasteiger partial charge in [0.05, 0.1) is 28.1 Å². The molecule has 4 aliphatic carbocycles. The standard InChI is InChI=1S/C30H53NO6S/c1-18(2)31(13-14-38(35,36)37)27(34)10-7-19(3)23-8-9-24-28-20(4)15-21-16-22(32)11-12-29(21,5)25(28)17-26(33)30(23,24)6/h18-26,28,32-33H,7-17H2,1-6H3,(H,35,36,37)/p-1/t19-,20-,21-,22-,23-,24+,25+,26+,28+,29+,30-/m1/s1. The quantitative estimate of drug-likeness (QED) is 0.429. The molecule has 38 heavy (non-hydrogen) atoms. The second kappa shape index (κ2) is 10.9. The van der Waals surface area contributed by atoms with Gasteiger partial charge in [-0.05, 0) is 117 Å². The second-order valence-corrected chi connectivity index (χ2v) is 15.9. The Balaban J connectivity index is 1.46. The van der Waals surface area contributed by atoms with E-state index in [4.69, 9.17) is 0 Å². The first-order valence-electron chi connectivity index (χ1n) is 15.2. The van der Waals surface area contributed by atoms with Crippen LogP contribution in [0.4, 0.5) is 0 Å². The van der Waals surface area contributed by atoms with Gasteiger partial charge in [0.15, 0.2) is 0 Å². The summed E-state index contributed by atoms with van der Waals surface area (Å²) >= 11 is 0. The number of amides is 1. The van der Waals surface area contributed by atoms with Crippen LogP contribution in [0, 0.1) is 52.3 Å². The van der Waals surface area contributed by atoms with Crippen LogP contribution in [0.5, 0.6) is 0 Å². The Morgan fingerprint density at radius 3 is 2.37 bits per heavy atom. The van der Waals surface area contributed by atoms with Crippen molar-refractivity contribution in [2.24, 2.45) is 52.3 Å². The van der Waals surface area contributed by atoms with Crippen LogP contribution in [0.2, 0.25) is 0 Å². The molecule has 0 aromatic carbocycles. The highest BCUT2D eigenvalue weighted by molar-refractivity contribution is 7.85. The van der Waals surface area contributed by atoms with Crippen LogP contribution >= 0.6 is 0 Å². The highest BCUT2D eigenvalue weighted by Gasteiger charge is 2.65. The third kappa shape index (κ3) is 5.45. The van der Waals surface area contributed by atoms with Crippen LogP contribution in [-0.2, 0) is 14.9 Å². The van der Waals surface area contributed by atoms with E-state index in [9.17, 15) is 28.0 Å². The number of carbonyl (C=O) groups is 1. The monoisotopic (exact) mass is 554 g/mol. The van der Waals surface area contributed by atoms with E-state index in [1.165, 1.54) is 11.3 Å². The number of aliphatic hydroxyl groups is 2. The smallest absolute Gasteiger partial charge is 0.222 e. The van der Waals surface area contributed by atoms with Crippen LogP contribution in [0.25, 0.3) is 0 Å². The van der Waals surface area contributed by atoms with Crippen molar-refractivity contribution < 1.29 is 28.0 Å². The lowest BCUT2D eigenvalue weighted by Crippen LogP contribution is -2.60. The van der Waals surface area contributed by atoms with Gasteiger partial charge >= 0.3 is 0 Å². The topological polar surface area (TPSA) is 118 Å². The molecule has 0 unspecified atom stereocenters. The Bertz CT molecular complexity index is 970. The van der Waals surface area contributed by atoms with Gasteiger partial charge in [-0.3, -0.25) is 4.79 Å². The van der Waals surface area contributed by atoms with Crippen molar-refractivity contribution in [2.45, 2.75) is 118 Å². The van der Waals surface area contributed by atoms with E-state index in [-0.39, 0.29) is 47.4 Å². The normalized spacial score (nSPS) is 43.7. The van der Waals surface area contributed by atoms with Gasteiger partial charge in [0.2, 0.25) is 5.91 Å². The number of hydrogen-bond donors (Lipinski definition) is 2. The Hall–Kier alpha value is -0.700. The molecule has 0 aromatic rings. The molecule has 0 bridgehead atoms. The lowest BCUT2D eigenvalue weighted by Gasteiger charge is -2.64. The number of aliphatic hydroxyl groups excluding tert-OH is 2. The summed E-state index contributed by atoms with van der Waals surface area (Å²) in [6.07, 6.45) is 7.57. The van der Waals surface area contributed by atoms with Crippen molar-refractivity contribution in [2.75, 3.05) is 12.3 Å². The lowest BCUT2D eigenvalue weighted by atomic mass is 9.42. The fourth-order valence-electron chi connectivity index (χ4n) is 10.1. The van der Waals surface area contributed by atoms with Gasteiger partial charge in [-0.2, -0.15) is 0 Å². The van der Waals surface area contributed by atoms with Crippen LogP contribution in [0.15, 0.2) is 0 Å². The molecule has 11 atom stereocenters. The number of fused-ring (bicyclic) bond motifs is 5. The minimum atomic E-state index is -4.37. The van der Waals surface area contributed by atoms with Crippen LogP contribution in [0.3, 0.4) is 0 Å². The summed E-state index contributed by atoms with van der Waals surface area (Å²) in [5.74, 6) is 2.68. The molecule has 0 spiro atoms. The molecular formula is C30H52NO6S-. The van der Waals surface area contributed by atoms with Gasteiger partial charge in [0.25, 0.3) is 0 Å². The van der Waals surface area contributed by atoms with Crippen LogP contribution in [-0.4, -0.2) is 64.5 Å². The summed E-state index contributed by atoms with van der Waals surface area (Å²) < 4.78 is 33.4. The first-order chi connectivity index (χ1) is 17.6. The van der Waals surface area contributed by atoms with Gasteiger partial charge < -0.3 is 19.7 Å². The Morgan fingerprint density at radius 1 is 1.05 bits per heavy atom. The van der Waals surface area contributed by atoms with Crippen molar-refractivity contribution in [1.82, 2.24) is 4.90 Å². The summed E-state index contributed by atoms with van der Waals surface area (Å²) in [4.78, 5) is 14.6. The zero-order valence-electron chi connectivity index (χ0n) is 24.4. The highest BCUT2D eigenvalue weighted by atomic mass is 32.2. The second-order valence-electron chi connectivity index (χ2n) is 14.4. The molecule has 0 saturated heterocycles. The van der Waals surface area contributed by atoms with Crippen LogP contribution in [0.1, 0.15) is 99.3 Å². The maximum atomic E-state index is 13.0. The molecule has 2 N–H and O–H groups in total. The Kier molecular flexibility index (Phi) is 8.71. The molecule has 4 fully saturated rings. The Labute approximate surface area is 230 Å². The van der Waals surface area contributed by atoms with Crippen molar-refractivity contribution in [3.05, 3.63) is 0 Å². The first kappa shape index (κ1) is 30.3. The molecule has 4 saturated carbocycles. The van der Waals surface area contributed by atoms with Gasteiger partial charge in [0.1, 0.15) is 0 Å². The minimum Gasteiger partial charge on any atom is -0.748 e. The van der Waals surface area contributed by atoms with E-state index in [1.54, 1.807) is 0 Å². The average molecular weight is 555 g/mol. The number of hydrogen-bond acceptors (Lipinski definition) is 6. The molecule has 0 radical (unpaired) electrons. The van der Waals surface area contributed by atoms with E-state index in [0.717, 1.165) is 38.5 Å². The molecule has 4 aliphatic rings. The number of carbonyl (C=O) groups excluding carboxylic acids is 1. The maximum Gasteiger partial charge on any atom is 0.222 e. The van der Waals surface area contributed by atoms with Crippen molar-refractivity contribution in [3.8, 4) is 0 Å². The molecule has 1 amide bonds. The molecule has 0 aromatic heterocycles. The van der Waals surface area contributed by atoms with Gasteiger partial charge in [-0.25, -0.2) is 8.42 Å². The largest absolute Gasteiger partial charge is 0.748 e. The number of nitrogens with zero attached hydrogens (tertiary/aromatic N) is 1. The van der Waals surface area contributed by atoms with Gasteiger partial charge in [-0.1, -0.05) is 27.7 Å². The van der Waals surface area contributed by atoms with E-state index >= 15 is 0 Å². The fourth-order valence-corrected chi connectivity index (χ4v) is 10.5. The van der Waals surface area contributed by atoms with E-state index in [2.05, 4.69) is 27.7 Å². The zero-order valence-corrected chi connectivity index (χ0v) is 25.3. The maximum absolute atomic E-state index is 13.0. The predicted octanol–water partition coefficient (Wildman–Crippen LogP) is 4.42. The number of rotatable bonds is 8. The first-order valence-corrected chi connectivity index (χ1v) is 16.8. The lowest BCUT2D eigenvalue weighted by molar-refractivity contribution is -0.190. The zero-order chi connectivity index (χ0) is 28.2. The molecular weight excluding hydrogens is 502 g/mol. The fraction of sp³-hybridized carbons (Fsp3) is 0.967. The predicted molar refractivity (Wildman–Crippen MR) is 147 cm³/mol. The SMILES string of the molecule is CC(C)N(CCS(=O)(=O)[O-])C(=O)CC[C@@H](C)[C@H]1CC[C@H]2[C@@H]3[C@H](C)C[C@@H]4C[C@H](O)CC[C@]4(C)[C@H]3C[C@H](O)[C@]12C. The summed E-state index contributed by atoms with van der Waals surface area (Å²) in [7, 11) is -4.37. The molecule has 0 aliphatic heterocycles. The highest BCUT2D eigenvalue weighted by Crippen LogP contribution is 2.69.